The van der Waals surface area contributed by atoms with Crippen LogP contribution in [0.4, 0.5) is 5.69 Å². The highest BCUT2D eigenvalue weighted by Crippen LogP contribution is 2.36. The number of hydrogen-bond acceptors (Lipinski definition) is 5. The molecule has 0 radical (unpaired) electrons. The first kappa shape index (κ1) is 17.7. The molecular weight excluding hydrogens is 394 g/mol. The summed E-state index contributed by atoms with van der Waals surface area (Å²) in [5.74, 6) is 0. The van der Waals surface area contributed by atoms with Gasteiger partial charge in [0, 0.05) is 23.7 Å². The number of nitrogens with zero attached hydrogens (tertiary/aromatic N) is 1. The molecule has 24 heavy (non-hydrogen) atoms. The minimum atomic E-state index is -3.50. The third-order valence-corrected chi connectivity index (χ3v) is 6.43. The maximum Gasteiger partial charge on any atom is 0.240 e. The number of anilines is 1. The van der Waals surface area contributed by atoms with E-state index < -0.39 is 10.0 Å². The fourth-order valence-corrected chi connectivity index (χ4v) is 4.35. The molecule has 1 aliphatic heterocycles. The Kier molecular flexibility index (Phi) is 5.46. The minimum Gasteiger partial charge on any atom is -0.386 e. The van der Waals surface area contributed by atoms with Crippen LogP contribution in [0.3, 0.4) is 0 Å². The number of hydrogen-bond donors (Lipinski definition) is 2. The highest BCUT2D eigenvalue weighted by molar-refractivity contribution is 9.18. The Morgan fingerprint density at radius 1 is 1.25 bits per heavy atom. The summed E-state index contributed by atoms with van der Waals surface area (Å²) in [4.78, 5) is 5.71. The summed E-state index contributed by atoms with van der Waals surface area (Å²) in [7, 11) is -2.08. The first-order chi connectivity index (χ1) is 11.5. The van der Waals surface area contributed by atoms with Gasteiger partial charge in [-0.15, -0.1) is 0 Å². The summed E-state index contributed by atoms with van der Waals surface area (Å²) in [6.07, 6.45) is 6.35. The number of halogens is 1. The van der Waals surface area contributed by atoms with E-state index in [2.05, 4.69) is 31.1 Å². The van der Waals surface area contributed by atoms with Crippen molar-refractivity contribution in [3.8, 4) is 0 Å². The van der Waals surface area contributed by atoms with Crippen LogP contribution in [0.25, 0.3) is 0 Å². The molecule has 1 aromatic carbocycles. The lowest BCUT2D eigenvalue weighted by atomic mass is 9.94. The molecule has 8 heteroatoms. The van der Waals surface area contributed by atoms with Gasteiger partial charge in [-0.25, -0.2) is 13.1 Å². The molecular formula is C16H22BrN3O3S. The van der Waals surface area contributed by atoms with Crippen molar-refractivity contribution < 1.29 is 13.3 Å². The molecule has 1 unspecified atom stereocenters. The lowest BCUT2D eigenvalue weighted by molar-refractivity contribution is 0.0860. The maximum atomic E-state index is 12.1. The van der Waals surface area contributed by atoms with Crippen LogP contribution in [0.1, 0.15) is 50.2 Å². The normalized spacial score (nSPS) is 22.1. The van der Waals surface area contributed by atoms with Crippen LogP contribution >= 0.6 is 15.9 Å². The lowest BCUT2D eigenvalue weighted by Gasteiger charge is -2.26. The van der Waals surface area contributed by atoms with E-state index in [4.69, 9.17) is 4.84 Å². The zero-order valence-corrected chi connectivity index (χ0v) is 16.0. The van der Waals surface area contributed by atoms with Crippen LogP contribution in [0, 0.1) is 0 Å². The highest BCUT2D eigenvalue weighted by Gasteiger charge is 2.27. The van der Waals surface area contributed by atoms with E-state index in [1.54, 1.807) is 12.1 Å². The van der Waals surface area contributed by atoms with Crippen molar-refractivity contribution in [2.24, 2.45) is 5.16 Å². The fraction of sp³-hybridized carbons (Fsp3) is 0.562. The molecule has 0 bridgehead atoms. The molecule has 1 atom stereocenters. The van der Waals surface area contributed by atoms with Crippen LogP contribution in [-0.2, 0) is 14.9 Å². The molecule has 0 amide bonds. The first-order valence-corrected chi connectivity index (χ1v) is 10.5. The van der Waals surface area contributed by atoms with Crippen molar-refractivity contribution in [3.05, 3.63) is 23.8 Å². The van der Waals surface area contributed by atoms with Gasteiger partial charge in [0.05, 0.1) is 4.90 Å². The Morgan fingerprint density at radius 2 is 2.00 bits per heavy atom. The van der Waals surface area contributed by atoms with E-state index in [-0.39, 0.29) is 11.0 Å². The highest BCUT2D eigenvalue weighted by atomic mass is 79.9. The van der Waals surface area contributed by atoms with Gasteiger partial charge in [-0.05, 0) is 54.0 Å². The van der Waals surface area contributed by atoms with Crippen molar-refractivity contribution in [3.63, 3.8) is 0 Å². The van der Waals surface area contributed by atoms with Crippen LogP contribution in [0.5, 0.6) is 0 Å². The zero-order chi connectivity index (χ0) is 17.2. The summed E-state index contributed by atoms with van der Waals surface area (Å²) >= 11 is 3.34. The number of benzene rings is 1. The predicted molar refractivity (Wildman–Crippen MR) is 98.0 cm³/mol. The largest absolute Gasteiger partial charge is 0.386 e. The number of nitrogens with one attached hydrogen (secondary N) is 2. The number of sulfonamides is 1. The Balaban J connectivity index is 1.91. The molecule has 132 valence electrons. The fourth-order valence-electron chi connectivity index (χ4n) is 3.21. The Bertz CT molecular complexity index is 730. The second-order valence-corrected chi connectivity index (χ2v) is 9.00. The van der Waals surface area contributed by atoms with Gasteiger partial charge in [-0.2, -0.15) is 0 Å². The Morgan fingerprint density at radius 3 is 2.62 bits per heavy atom. The topological polar surface area (TPSA) is 79.8 Å². The van der Waals surface area contributed by atoms with Gasteiger partial charge < -0.3 is 10.2 Å². The summed E-state index contributed by atoms with van der Waals surface area (Å²) < 4.78 is 27.3. The summed E-state index contributed by atoms with van der Waals surface area (Å²) in [6.45, 7) is 0. The molecule has 0 saturated heterocycles. The van der Waals surface area contributed by atoms with Gasteiger partial charge in [0.15, 0.2) is 6.10 Å². The molecule has 2 N–H and O–H groups in total. The van der Waals surface area contributed by atoms with Crippen LogP contribution in [-0.4, -0.2) is 26.1 Å². The van der Waals surface area contributed by atoms with E-state index in [0.717, 1.165) is 28.7 Å². The molecule has 0 aromatic heterocycles. The summed E-state index contributed by atoms with van der Waals surface area (Å²) in [5, 5.41) is 7.51. The van der Waals surface area contributed by atoms with E-state index in [0.29, 0.717) is 12.5 Å². The summed E-state index contributed by atoms with van der Waals surface area (Å²) in [5.41, 5.74) is 1.76. The van der Waals surface area contributed by atoms with Crippen LogP contribution < -0.4 is 10.0 Å². The van der Waals surface area contributed by atoms with Crippen molar-refractivity contribution >= 4 is 36.3 Å². The monoisotopic (exact) mass is 415 g/mol. The number of oxime groups is 1. The minimum absolute atomic E-state index is 0.237. The van der Waals surface area contributed by atoms with Crippen molar-refractivity contribution in [1.29, 1.82) is 0 Å². The Hall–Kier alpha value is -1.12. The van der Waals surface area contributed by atoms with E-state index in [1.807, 2.05) is 6.07 Å². The molecule has 1 aliphatic carbocycles. The molecule has 1 aromatic rings. The van der Waals surface area contributed by atoms with Gasteiger partial charge >= 0.3 is 0 Å². The first-order valence-electron chi connectivity index (χ1n) is 8.22. The van der Waals surface area contributed by atoms with Gasteiger partial charge in [-0.3, -0.25) is 0 Å². The van der Waals surface area contributed by atoms with E-state index in [9.17, 15) is 8.42 Å². The summed E-state index contributed by atoms with van der Waals surface area (Å²) in [6, 6.07) is 5.58. The van der Waals surface area contributed by atoms with Gasteiger partial charge in [0.2, 0.25) is 10.0 Å². The third-order valence-electron chi connectivity index (χ3n) is 4.55. The van der Waals surface area contributed by atoms with Gasteiger partial charge in [0.1, 0.15) is 4.62 Å². The third kappa shape index (κ3) is 3.92. The zero-order valence-electron chi connectivity index (χ0n) is 13.6. The van der Waals surface area contributed by atoms with Gasteiger partial charge in [-0.1, -0.05) is 24.4 Å². The predicted octanol–water partition coefficient (Wildman–Crippen LogP) is 3.51. The lowest BCUT2D eigenvalue weighted by Crippen LogP contribution is -2.24. The van der Waals surface area contributed by atoms with Gasteiger partial charge in [0.25, 0.3) is 0 Å². The molecule has 1 heterocycles. The van der Waals surface area contributed by atoms with E-state index >= 15 is 0 Å². The molecule has 0 spiro atoms. The van der Waals surface area contributed by atoms with Crippen molar-refractivity contribution in [2.75, 3.05) is 12.4 Å². The smallest absolute Gasteiger partial charge is 0.240 e. The number of rotatable bonds is 5. The van der Waals surface area contributed by atoms with Crippen molar-refractivity contribution in [1.82, 2.24) is 4.72 Å². The molecule has 1 saturated carbocycles. The standard InChI is InChI=1S/C16H22BrN3O3S/c1-18-24(21,22)12-7-8-14(19-11-5-3-2-4-6-11)13(9-12)15-10-16(17)20-23-15/h7-9,11,15,18-19H,2-6,10H2,1H3. The SMILES string of the molecule is CNS(=O)(=O)c1ccc(NC2CCCCC2)c(C2CC(Br)=NO2)c1. The molecule has 3 rings (SSSR count). The maximum absolute atomic E-state index is 12.1. The van der Waals surface area contributed by atoms with Crippen LogP contribution in [0.2, 0.25) is 0 Å². The molecule has 6 nitrogen and oxygen atoms in total. The second kappa shape index (κ2) is 7.41. The second-order valence-electron chi connectivity index (χ2n) is 6.20. The van der Waals surface area contributed by atoms with Crippen molar-refractivity contribution in [2.45, 2.75) is 55.6 Å². The Labute approximate surface area is 151 Å². The quantitative estimate of drug-likeness (QED) is 0.770. The average molecular weight is 416 g/mol. The van der Waals surface area contributed by atoms with E-state index in [1.165, 1.54) is 26.3 Å². The van der Waals surface area contributed by atoms with Crippen LogP contribution in [0.15, 0.2) is 28.3 Å². The molecule has 1 fully saturated rings. The average Bonchev–Trinajstić information content (AvgIpc) is 3.02. The molecule has 2 aliphatic rings.